The highest BCUT2D eigenvalue weighted by molar-refractivity contribution is 4.86. The minimum atomic E-state index is 0.539. The van der Waals surface area contributed by atoms with Gasteiger partial charge in [-0.2, -0.15) is 0 Å². The van der Waals surface area contributed by atoms with Crippen molar-refractivity contribution in [2.75, 3.05) is 6.54 Å². The SMILES string of the molecule is CCCn1cnnc1CCNC(C)C. The lowest BCUT2D eigenvalue weighted by Crippen LogP contribution is -2.25. The van der Waals surface area contributed by atoms with E-state index in [0.29, 0.717) is 6.04 Å². The van der Waals surface area contributed by atoms with Crippen molar-refractivity contribution in [3.05, 3.63) is 12.2 Å². The first-order valence-electron chi connectivity index (χ1n) is 5.34. The average Bonchev–Trinajstić information content (AvgIpc) is 2.53. The normalized spacial score (nSPS) is 11.1. The monoisotopic (exact) mass is 196 g/mol. The minimum Gasteiger partial charge on any atom is -0.318 e. The zero-order valence-corrected chi connectivity index (χ0v) is 9.32. The molecule has 0 aliphatic rings. The molecular formula is C10H20N4. The average molecular weight is 196 g/mol. The van der Waals surface area contributed by atoms with E-state index in [1.54, 1.807) is 0 Å². The van der Waals surface area contributed by atoms with Gasteiger partial charge >= 0.3 is 0 Å². The third kappa shape index (κ3) is 3.46. The Bertz CT molecular complexity index is 254. The van der Waals surface area contributed by atoms with Crippen LogP contribution < -0.4 is 5.32 Å². The molecule has 0 spiro atoms. The summed E-state index contributed by atoms with van der Waals surface area (Å²) in [5, 5.41) is 11.4. The summed E-state index contributed by atoms with van der Waals surface area (Å²) in [5.41, 5.74) is 0. The summed E-state index contributed by atoms with van der Waals surface area (Å²) in [6.45, 7) is 8.45. The summed E-state index contributed by atoms with van der Waals surface area (Å²) in [7, 11) is 0. The lowest BCUT2D eigenvalue weighted by atomic mass is 10.3. The first kappa shape index (κ1) is 11.2. The Labute approximate surface area is 85.7 Å². The topological polar surface area (TPSA) is 42.7 Å². The number of hydrogen-bond acceptors (Lipinski definition) is 3. The molecule has 0 bridgehead atoms. The summed E-state index contributed by atoms with van der Waals surface area (Å²) in [5.74, 6) is 1.08. The van der Waals surface area contributed by atoms with Crippen LogP contribution in [-0.2, 0) is 13.0 Å². The van der Waals surface area contributed by atoms with Crippen LogP contribution in [0.5, 0.6) is 0 Å². The molecule has 0 aliphatic heterocycles. The Hall–Kier alpha value is -0.900. The zero-order valence-electron chi connectivity index (χ0n) is 9.32. The molecule has 0 fully saturated rings. The fraction of sp³-hybridized carbons (Fsp3) is 0.800. The molecule has 1 rings (SSSR count). The Kier molecular flexibility index (Phi) is 4.59. The quantitative estimate of drug-likeness (QED) is 0.744. The molecule has 0 saturated carbocycles. The highest BCUT2D eigenvalue weighted by Crippen LogP contribution is 1.97. The summed E-state index contributed by atoms with van der Waals surface area (Å²) in [6, 6.07) is 0.539. The maximum atomic E-state index is 4.10. The molecule has 0 atom stereocenters. The molecule has 0 radical (unpaired) electrons. The van der Waals surface area contributed by atoms with E-state index in [1.165, 1.54) is 0 Å². The molecule has 14 heavy (non-hydrogen) atoms. The van der Waals surface area contributed by atoms with Crippen LogP contribution >= 0.6 is 0 Å². The van der Waals surface area contributed by atoms with Gasteiger partial charge in [0, 0.05) is 25.6 Å². The summed E-state index contributed by atoms with van der Waals surface area (Å²) >= 11 is 0. The molecule has 4 nitrogen and oxygen atoms in total. The van der Waals surface area contributed by atoms with Crippen LogP contribution in [-0.4, -0.2) is 27.4 Å². The van der Waals surface area contributed by atoms with Crippen molar-refractivity contribution >= 4 is 0 Å². The van der Waals surface area contributed by atoms with Crippen molar-refractivity contribution in [3.63, 3.8) is 0 Å². The van der Waals surface area contributed by atoms with E-state index in [9.17, 15) is 0 Å². The smallest absolute Gasteiger partial charge is 0.134 e. The van der Waals surface area contributed by atoms with Gasteiger partial charge in [0.05, 0.1) is 0 Å². The molecule has 0 amide bonds. The molecule has 1 heterocycles. The van der Waals surface area contributed by atoms with E-state index < -0.39 is 0 Å². The van der Waals surface area contributed by atoms with Gasteiger partial charge in [0.15, 0.2) is 0 Å². The molecule has 0 saturated heterocycles. The van der Waals surface area contributed by atoms with Crippen molar-refractivity contribution in [2.45, 2.75) is 46.2 Å². The lowest BCUT2D eigenvalue weighted by Gasteiger charge is -2.08. The molecule has 1 aromatic rings. The number of hydrogen-bond donors (Lipinski definition) is 1. The van der Waals surface area contributed by atoms with Gasteiger partial charge in [-0.05, 0) is 6.42 Å². The molecule has 0 aliphatic carbocycles. The summed E-state index contributed by atoms with van der Waals surface area (Å²) in [4.78, 5) is 0. The predicted molar refractivity (Wildman–Crippen MR) is 57.2 cm³/mol. The second-order valence-electron chi connectivity index (χ2n) is 3.80. The van der Waals surface area contributed by atoms with Crippen molar-refractivity contribution in [1.82, 2.24) is 20.1 Å². The Morgan fingerprint density at radius 2 is 2.29 bits per heavy atom. The van der Waals surface area contributed by atoms with E-state index in [4.69, 9.17) is 0 Å². The fourth-order valence-corrected chi connectivity index (χ4v) is 1.37. The minimum absolute atomic E-state index is 0.539. The van der Waals surface area contributed by atoms with Crippen LogP contribution in [0, 0.1) is 0 Å². The maximum absolute atomic E-state index is 4.10. The first-order chi connectivity index (χ1) is 6.74. The first-order valence-corrected chi connectivity index (χ1v) is 5.34. The zero-order chi connectivity index (χ0) is 10.4. The Morgan fingerprint density at radius 3 is 2.93 bits per heavy atom. The van der Waals surface area contributed by atoms with Crippen molar-refractivity contribution in [1.29, 1.82) is 0 Å². The Balaban J connectivity index is 2.37. The molecule has 0 aromatic carbocycles. The second-order valence-corrected chi connectivity index (χ2v) is 3.80. The predicted octanol–water partition coefficient (Wildman–Crippen LogP) is 1.23. The third-order valence-corrected chi connectivity index (χ3v) is 2.06. The second kappa shape index (κ2) is 5.75. The molecular weight excluding hydrogens is 176 g/mol. The highest BCUT2D eigenvalue weighted by Gasteiger charge is 2.02. The van der Waals surface area contributed by atoms with Gasteiger partial charge in [-0.1, -0.05) is 20.8 Å². The standard InChI is InChI=1S/C10H20N4/c1-4-7-14-8-12-13-10(14)5-6-11-9(2)3/h8-9,11H,4-7H2,1-3H3. The van der Waals surface area contributed by atoms with E-state index in [-0.39, 0.29) is 0 Å². The molecule has 0 unspecified atom stereocenters. The number of rotatable bonds is 6. The van der Waals surface area contributed by atoms with Gasteiger partial charge in [-0.15, -0.1) is 10.2 Å². The third-order valence-electron chi connectivity index (χ3n) is 2.06. The van der Waals surface area contributed by atoms with E-state index >= 15 is 0 Å². The van der Waals surface area contributed by atoms with Crippen LogP contribution in [0.1, 0.15) is 33.0 Å². The van der Waals surface area contributed by atoms with Gasteiger partial charge in [0.25, 0.3) is 0 Å². The van der Waals surface area contributed by atoms with Crippen LogP contribution in [0.15, 0.2) is 6.33 Å². The highest BCUT2D eigenvalue weighted by atomic mass is 15.3. The van der Waals surface area contributed by atoms with Crippen molar-refractivity contribution < 1.29 is 0 Å². The van der Waals surface area contributed by atoms with Gasteiger partial charge in [0.1, 0.15) is 12.2 Å². The summed E-state index contributed by atoms with van der Waals surface area (Å²) in [6.07, 6.45) is 3.90. The lowest BCUT2D eigenvalue weighted by molar-refractivity contribution is 0.563. The molecule has 80 valence electrons. The van der Waals surface area contributed by atoms with Gasteiger partial charge in [-0.3, -0.25) is 0 Å². The fourth-order valence-electron chi connectivity index (χ4n) is 1.37. The Morgan fingerprint density at radius 1 is 1.50 bits per heavy atom. The van der Waals surface area contributed by atoms with Gasteiger partial charge in [-0.25, -0.2) is 0 Å². The van der Waals surface area contributed by atoms with E-state index in [1.807, 2.05) is 6.33 Å². The molecule has 1 N–H and O–H groups in total. The van der Waals surface area contributed by atoms with Gasteiger partial charge < -0.3 is 9.88 Å². The van der Waals surface area contributed by atoms with Crippen LogP contribution in [0.4, 0.5) is 0 Å². The van der Waals surface area contributed by atoms with Crippen LogP contribution in [0.2, 0.25) is 0 Å². The number of nitrogens with zero attached hydrogens (tertiary/aromatic N) is 3. The van der Waals surface area contributed by atoms with E-state index in [0.717, 1.165) is 31.8 Å². The van der Waals surface area contributed by atoms with Crippen molar-refractivity contribution in [2.24, 2.45) is 0 Å². The van der Waals surface area contributed by atoms with Crippen LogP contribution in [0.25, 0.3) is 0 Å². The summed E-state index contributed by atoms with van der Waals surface area (Å²) < 4.78 is 2.13. The maximum Gasteiger partial charge on any atom is 0.134 e. The molecule has 1 aromatic heterocycles. The van der Waals surface area contributed by atoms with Crippen LogP contribution in [0.3, 0.4) is 0 Å². The number of nitrogens with one attached hydrogen (secondary N) is 1. The number of aryl methyl sites for hydroxylation is 1. The molecule has 4 heteroatoms. The largest absolute Gasteiger partial charge is 0.318 e. The number of aromatic nitrogens is 3. The van der Waals surface area contributed by atoms with Gasteiger partial charge in [0.2, 0.25) is 0 Å². The van der Waals surface area contributed by atoms with E-state index in [2.05, 4.69) is 40.9 Å². The van der Waals surface area contributed by atoms with Crippen molar-refractivity contribution in [3.8, 4) is 0 Å².